The standard InChI is InChI=1S/C22H21N3OS/c1-3-16-12-15(14-23-24-22(26)20-10-7-11-27-20)13-18-17-8-5-6-9-19(17)25(4-2)21(16)18/h5-14H,3-4H2,1-2H3,(H,24,26)/b23-14+. The van der Waals surface area contributed by atoms with Gasteiger partial charge in [0.25, 0.3) is 5.91 Å². The normalized spacial score (nSPS) is 11.6. The maximum Gasteiger partial charge on any atom is 0.281 e. The van der Waals surface area contributed by atoms with Crippen molar-refractivity contribution in [1.29, 1.82) is 0 Å². The fourth-order valence-electron chi connectivity index (χ4n) is 3.60. The topological polar surface area (TPSA) is 46.4 Å². The number of aromatic nitrogens is 1. The first-order chi connectivity index (χ1) is 13.2. The maximum atomic E-state index is 12.0. The quantitative estimate of drug-likeness (QED) is 0.378. The number of fused-ring (bicyclic) bond motifs is 3. The van der Waals surface area contributed by atoms with Crippen LogP contribution in [0.25, 0.3) is 21.8 Å². The van der Waals surface area contributed by atoms with Gasteiger partial charge in [-0.3, -0.25) is 4.79 Å². The lowest BCUT2D eigenvalue weighted by Gasteiger charge is -2.08. The Bertz CT molecular complexity index is 1140. The zero-order chi connectivity index (χ0) is 18.8. The van der Waals surface area contributed by atoms with Crippen LogP contribution in [0, 0.1) is 0 Å². The van der Waals surface area contributed by atoms with E-state index in [2.05, 4.69) is 65.3 Å². The lowest BCUT2D eigenvalue weighted by Crippen LogP contribution is -2.16. The van der Waals surface area contributed by atoms with Gasteiger partial charge in [0.1, 0.15) is 0 Å². The predicted molar refractivity (Wildman–Crippen MR) is 114 cm³/mol. The van der Waals surface area contributed by atoms with E-state index in [0.717, 1.165) is 18.5 Å². The molecule has 4 rings (SSSR count). The van der Waals surface area contributed by atoms with Crippen LogP contribution in [0.4, 0.5) is 0 Å². The second-order valence-corrected chi connectivity index (χ2v) is 7.32. The SMILES string of the molecule is CCc1cc(/C=N/NC(=O)c2cccs2)cc2c3ccccc3n(CC)c12. The molecule has 0 radical (unpaired) electrons. The smallest absolute Gasteiger partial charge is 0.281 e. The van der Waals surface area contributed by atoms with Crippen molar-refractivity contribution in [1.82, 2.24) is 9.99 Å². The number of carbonyl (C=O) groups excluding carboxylic acids is 1. The predicted octanol–water partition coefficient (Wildman–Crippen LogP) is 5.20. The molecule has 5 heteroatoms. The summed E-state index contributed by atoms with van der Waals surface area (Å²) in [5, 5.41) is 8.53. The van der Waals surface area contributed by atoms with Gasteiger partial charge in [-0.1, -0.05) is 31.2 Å². The van der Waals surface area contributed by atoms with E-state index in [4.69, 9.17) is 0 Å². The second kappa shape index (κ2) is 7.37. The van der Waals surface area contributed by atoms with Crippen molar-refractivity contribution in [3.8, 4) is 0 Å². The van der Waals surface area contributed by atoms with Crippen LogP contribution in [-0.2, 0) is 13.0 Å². The summed E-state index contributed by atoms with van der Waals surface area (Å²) in [4.78, 5) is 12.7. The molecule has 1 amide bonds. The van der Waals surface area contributed by atoms with E-state index in [0.29, 0.717) is 4.88 Å². The first-order valence-electron chi connectivity index (χ1n) is 9.13. The molecule has 27 heavy (non-hydrogen) atoms. The lowest BCUT2D eigenvalue weighted by molar-refractivity contribution is 0.0959. The molecule has 2 heterocycles. The molecule has 0 aliphatic carbocycles. The van der Waals surface area contributed by atoms with Gasteiger partial charge in [0, 0.05) is 22.8 Å². The van der Waals surface area contributed by atoms with Gasteiger partial charge in [-0.05, 0) is 54.1 Å². The average molecular weight is 375 g/mol. The molecule has 0 bridgehead atoms. The highest BCUT2D eigenvalue weighted by Crippen LogP contribution is 2.32. The summed E-state index contributed by atoms with van der Waals surface area (Å²) in [5.74, 6) is -0.180. The number of aryl methyl sites for hydroxylation is 2. The zero-order valence-electron chi connectivity index (χ0n) is 15.4. The summed E-state index contributed by atoms with van der Waals surface area (Å²) >= 11 is 1.40. The Morgan fingerprint density at radius 2 is 2.00 bits per heavy atom. The number of nitrogens with zero attached hydrogens (tertiary/aromatic N) is 2. The van der Waals surface area contributed by atoms with Gasteiger partial charge < -0.3 is 4.57 Å². The molecule has 2 aromatic carbocycles. The number of thiophene rings is 1. The summed E-state index contributed by atoms with van der Waals surface area (Å²) in [5.41, 5.74) is 7.43. The Kier molecular flexibility index (Phi) is 4.77. The third kappa shape index (κ3) is 3.15. The third-order valence-corrected chi connectivity index (χ3v) is 5.66. The molecule has 0 fully saturated rings. The maximum absolute atomic E-state index is 12.0. The molecule has 0 aliphatic rings. The van der Waals surface area contributed by atoms with Gasteiger partial charge in [-0.2, -0.15) is 5.10 Å². The number of carbonyl (C=O) groups is 1. The largest absolute Gasteiger partial charge is 0.341 e. The molecule has 0 aliphatic heterocycles. The monoisotopic (exact) mass is 375 g/mol. The molecule has 0 atom stereocenters. The van der Waals surface area contributed by atoms with Crippen molar-refractivity contribution in [3.05, 3.63) is 69.9 Å². The summed E-state index contributed by atoms with van der Waals surface area (Å²) in [7, 11) is 0. The summed E-state index contributed by atoms with van der Waals surface area (Å²) in [6.07, 6.45) is 2.66. The third-order valence-electron chi connectivity index (χ3n) is 4.79. The van der Waals surface area contributed by atoms with E-state index in [1.54, 1.807) is 12.3 Å². The van der Waals surface area contributed by atoms with Crippen LogP contribution in [0.2, 0.25) is 0 Å². The highest BCUT2D eigenvalue weighted by atomic mass is 32.1. The molecule has 4 aromatic rings. The number of amides is 1. The van der Waals surface area contributed by atoms with Crippen LogP contribution in [0.15, 0.2) is 59.0 Å². The van der Waals surface area contributed by atoms with E-state index < -0.39 is 0 Å². The second-order valence-electron chi connectivity index (χ2n) is 6.37. The van der Waals surface area contributed by atoms with Crippen LogP contribution in [-0.4, -0.2) is 16.7 Å². The minimum atomic E-state index is -0.180. The fraction of sp³-hybridized carbons (Fsp3) is 0.182. The molecular formula is C22H21N3OS. The number of benzene rings is 2. The molecular weight excluding hydrogens is 354 g/mol. The molecule has 0 spiro atoms. The highest BCUT2D eigenvalue weighted by molar-refractivity contribution is 7.12. The van der Waals surface area contributed by atoms with Crippen molar-refractivity contribution < 1.29 is 4.79 Å². The minimum Gasteiger partial charge on any atom is -0.341 e. The van der Waals surface area contributed by atoms with E-state index in [-0.39, 0.29) is 5.91 Å². The van der Waals surface area contributed by atoms with Gasteiger partial charge in [0.15, 0.2) is 0 Å². The van der Waals surface area contributed by atoms with Crippen molar-refractivity contribution in [2.75, 3.05) is 0 Å². The van der Waals surface area contributed by atoms with Gasteiger partial charge >= 0.3 is 0 Å². The number of hydrogen-bond donors (Lipinski definition) is 1. The molecule has 4 nitrogen and oxygen atoms in total. The summed E-state index contributed by atoms with van der Waals surface area (Å²) in [6, 6.07) is 16.5. The van der Waals surface area contributed by atoms with E-state index in [1.165, 1.54) is 38.7 Å². The number of rotatable bonds is 5. The van der Waals surface area contributed by atoms with Gasteiger partial charge in [-0.25, -0.2) is 5.43 Å². The number of nitrogens with one attached hydrogen (secondary N) is 1. The molecule has 0 saturated heterocycles. The Morgan fingerprint density at radius 1 is 1.15 bits per heavy atom. The molecule has 136 valence electrons. The Hall–Kier alpha value is -2.92. The van der Waals surface area contributed by atoms with Crippen molar-refractivity contribution in [2.45, 2.75) is 26.8 Å². The Morgan fingerprint density at radius 3 is 2.74 bits per heavy atom. The van der Waals surface area contributed by atoms with Crippen LogP contribution < -0.4 is 5.43 Å². The van der Waals surface area contributed by atoms with Crippen molar-refractivity contribution in [3.63, 3.8) is 0 Å². The van der Waals surface area contributed by atoms with E-state index >= 15 is 0 Å². The van der Waals surface area contributed by atoms with Crippen LogP contribution >= 0.6 is 11.3 Å². The molecule has 2 aromatic heterocycles. The number of hydrogen-bond acceptors (Lipinski definition) is 3. The lowest BCUT2D eigenvalue weighted by atomic mass is 10.0. The van der Waals surface area contributed by atoms with Crippen LogP contribution in [0.1, 0.15) is 34.6 Å². The van der Waals surface area contributed by atoms with Crippen molar-refractivity contribution >= 4 is 45.3 Å². The summed E-state index contributed by atoms with van der Waals surface area (Å²) < 4.78 is 2.38. The Balaban J connectivity index is 1.75. The van der Waals surface area contributed by atoms with Crippen LogP contribution in [0.3, 0.4) is 0 Å². The molecule has 0 saturated carbocycles. The minimum absolute atomic E-state index is 0.180. The van der Waals surface area contributed by atoms with Crippen LogP contribution in [0.5, 0.6) is 0 Å². The first-order valence-corrected chi connectivity index (χ1v) is 10.0. The van der Waals surface area contributed by atoms with E-state index in [1.807, 2.05) is 11.4 Å². The zero-order valence-corrected chi connectivity index (χ0v) is 16.2. The van der Waals surface area contributed by atoms with Gasteiger partial charge in [0.05, 0.1) is 16.6 Å². The first kappa shape index (κ1) is 17.5. The van der Waals surface area contributed by atoms with Crippen molar-refractivity contribution in [2.24, 2.45) is 5.10 Å². The number of para-hydroxylation sites is 1. The fourth-order valence-corrected chi connectivity index (χ4v) is 4.21. The summed E-state index contributed by atoms with van der Waals surface area (Å²) in [6.45, 7) is 5.29. The number of hydrazone groups is 1. The van der Waals surface area contributed by atoms with E-state index in [9.17, 15) is 4.79 Å². The average Bonchev–Trinajstić information content (AvgIpc) is 3.34. The molecule has 1 N–H and O–H groups in total. The molecule has 0 unspecified atom stereocenters. The van der Waals surface area contributed by atoms with Gasteiger partial charge in [-0.15, -0.1) is 11.3 Å². The Labute approximate surface area is 162 Å². The highest BCUT2D eigenvalue weighted by Gasteiger charge is 2.13. The van der Waals surface area contributed by atoms with Gasteiger partial charge in [0.2, 0.25) is 0 Å².